The number of carbonyl (C=O) groups is 1. The van der Waals surface area contributed by atoms with E-state index in [1.54, 1.807) is 19.1 Å². The van der Waals surface area contributed by atoms with Gasteiger partial charge in [-0.3, -0.25) is 0 Å². The molecule has 0 radical (unpaired) electrons. The minimum Gasteiger partial charge on any atom is -0.508 e. The van der Waals surface area contributed by atoms with E-state index in [2.05, 4.69) is 9.97 Å². The van der Waals surface area contributed by atoms with Crippen LogP contribution in [0.4, 0.5) is 5.82 Å². The number of nitrogens with zero attached hydrogens (tertiary/aromatic N) is 3. The number of phenolic OH excluding ortho intramolecular Hbond substituents is 1. The summed E-state index contributed by atoms with van der Waals surface area (Å²) in [5.74, 6) is -0.337. The number of aromatic nitrogens is 2. The van der Waals surface area contributed by atoms with Crippen LogP contribution in [-0.4, -0.2) is 59.1 Å². The molecular weight excluding hydrogens is 326 g/mol. The number of aromatic hydroxyl groups is 1. The molecule has 1 aliphatic heterocycles. The standard InChI is InChI=1S/C17H19N3O5/c1-2-25-14-13(17(22)23)18-15(11-4-3-5-12(21)10-11)19-16(14)20-6-8-24-9-7-20/h3-5,10,21H,2,6-9H2,1H3,(H,22,23). The van der Waals surface area contributed by atoms with Crippen molar-refractivity contribution in [1.29, 1.82) is 0 Å². The van der Waals surface area contributed by atoms with E-state index in [9.17, 15) is 15.0 Å². The Balaban J connectivity index is 2.16. The van der Waals surface area contributed by atoms with Crippen molar-refractivity contribution < 1.29 is 24.5 Å². The molecule has 2 aromatic rings. The summed E-state index contributed by atoms with van der Waals surface area (Å²) in [6, 6.07) is 6.38. The lowest BCUT2D eigenvalue weighted by atomic mass is 10.2. The molecule has 2 heterocycles. The van der Waals surface area contributed by atoms with Crippen molar-refractivity contribution in [3.05, 3.63) is 30.0 Å². The fraction of sp³-hybridized carbons (Fsp3) is 0.353. The summed E-state index contributed by atoms with van der Waals surface area (Å²) in [5, 5.41) is 19.3. The third kappa shape index (κ3) is 3.63. The maximum atomic E-state index is 11.7. The van der Waals surface area contributed by atoms with Crippen LogP contribution in [0.1, 0.15) is 17.4 Å². The van der Waals surface area contributed by atoms with Gasteiger partial charge < -0.3 is 24.6 Å². The predicted molar refractivity (Wildman–Crippen MR) is 90.3 cm³/mol. The van der Waals surface area contributed by atoms with E-state index in [0.29, 0.717) is 44.3 Å². The van der Waals surface area contributed by atoms with Crippen molar-refractivity contribution >= 4 is 11.8 Å². The molecule has 1 saturated heterocycles. The Bertz CT molecular complexity index is 775. The molecular formula is C17H19N3O5. The average molecular weight is 345 g/mol. The lowest BCUT2D eigenvalue weighted by molar-refractivity contribution is 0.0685. The molecule has 1 fully saturated rings. The highest BCUT2D eigenvalue weighted by Gasteiger charge is 2.26. The largest absolute Gasteiger partial charge is 0.508 e. The first kappa shape index (κ1) is 17.0. The van der Waals surface area contributed by atoms with Gasteiger partial charge in [0.2, 0.25) is 0 Å². The van der Waals surface area contributed by atoms with Crippen LogP contribution in [0.2, 0.25) is 0 Å². The van der Waals surface area contributed by atoms with Crippen LogP contribution in [0.15, 0.2) is 24.3 Å². The Hall–Kier alpha value is -2.87. The van der Waals surface area contributed by atoms with Crippen molar-refractivity contribution in [3.8, 4) is 22.9 Å². The van der Waals surface area contributed by atoms with Gasteiger partial charge in [0.1, 0.15) is 5.75 Å². The van der Waals surface area contributed by atoms with E-state index in [1.807, 2.05) is 4.90 Å². The van der Waals surface area contributed by atoms with Crippen molar-refractivity contribution in [1.82, 2.24) is 9.97 Å². The second-order valence-corrected chi connectivity index (χ2v) is 5.44. The predicted octanol–water partition coefficient (Wildman–Crippen LogP) is 1.78. The Labute approximate surface area is 144 Å². The van der Waals surface area contributed by atoms with Crippen molar-refractivity contribution in [2.75, 3.05) is 37.8 Å². The fourth-order valence-corrected chi connectivity index (χ4v) is 2.62. The summed E-state index contributed by atoms with van der Waals surface area (Å²) < 4.78 is 10.9. The van der Waals surface area contributed by atoms with Gasteiger partial charge in [-0.05, 0) is 19.1 Å². The highest BCUT2D eigenvalue weighted by atomic mass is 16.5. The van der Waals surface area contributed by atoms with Gasteiger partial charge in [-0.25, -0.2) is 14.8 Å². The smallest absolute Gasteiger partial charge is 0.358 e. The van der Waals surface area contributed by atoms with Crippen molar-refractivity contribution in [3.63, 3.8) is 0 Å². The van der Waals surface area contributed by atoms with Crippen LogP contribution < -0.4 is 9.64 Å². The number of ether oxygens (including phenoxy) is 2. The van der Waals surface area contributed by atoms with E-state index < -0.39 is 5.97 Å². The summed E-state index contributed by atoms with van der Waals surface area (Å²) in [6.07, 6.45) is 0. The average Bonchev–Trinajstić information content (AvgIpc) is 2.62. The Morgan fingerprint density at radius 3 is 2.72 bits per heavy atom. The molecule has 0 unspecified atom stereocenters. The number of benzene rings is 1. The van der Waals surface area contributed by atoms with Crippen LogP contribution in [0.25, 0.3) is 11.4 Å². The molecule has 132 valence electrons. The molecule has 1 aromatic carbocycles. The zero-order valence-electron chi connectivity index (χ0n) is 13.8. The summed E-state index contributed by atoms with van der Waals surface area (Å²) >= 11 is 0. The van der Waals surface area contributed by atoms with Crippen LogP contribution in [0.5, 0.6) is 11.5 Å². The van der Waals surface area contributed by atoms with Crippen molar-refractivity contribution in [2.24, 2.45) is 0 Å². The monoisotopic (exact) mass is 345 g/mol. The first-order valence-electron chi connectivity index (χ1n) is 8.00. The minimum atomic E-state index is -1.19. The molecule has 3 rings (SSSR count). The SMILES string of the molecule is CCOc1c(C(=O)O)nc(-c2cccc(O)c2)nc1N1CCOCC1. The highest BCUT2D eigenvalue weighted by Crippen LogP contribution is 2.33. The topological polar surface area (TPSA) is 105 Å². The van der Waals surface area contributed by atoms with Gasteiger partial charge in [-0.2, -0.15) is 0 Å². The van der Waals surface area contributed by atoms with E-state index >= 15 is 0 Å². The summed E-state index contributed by atoms with van der Waals surface area (Å²) in [4.78, 5) is 22.3. The summed E-state index contributed by atoms with van der Waals surface area (Å²) in [5.41, 5.74) is 0.330. The zero-order valence-corrected chi connectivity index (χ0v) is 13.8. The highest BCUT2D eigenvalue weighted by molar-refractivity contribution is 5.91. The van der Waals surface area contributed by atoms with Crippen LogP contribution in [-0.2, 0) is 4.74 Å². The Morgan fingerprint density at radius 1 is 1.32 bits per heavy atom. The molecule has 1 aromatic heterocycles. The van der Waals surface area contributed by atoms with Gasteiger partial charge in [0, 0.05) is 18.7 Å². The van der Waals surface area contributed by atoms with Gasteiger partial charge >= 0.3 is 5.97 Å². The lowest BCUT2D eigenvalue weighted by Crippen LogP contribution is -2.37. The minimum absolute atomic E-state index is 0.0554. The summed E-state index contributed by atoms with van der Waals surface area (Å²) in [6.45, 7) is 4.29. The molecule has 0 atom stereocenters. The number of anilines is 1. The second-order valence-electron chi connectivity index (χ2n) is 5.44. The third-order valence-corrected chi connectivity index (χ3v) is 3.75. The zero-order chi connectivity index (χ0) is 17.8. The molecule has 0 saturated carbocycles. The van der Waals surface area contributed by atoms with Gasteiger partial charge in [-0.15, -0.1) is 0 Å². The van der Waals surface area contributed by atoms with Crippen LogP contribution >= 0.6 is 0 Å². The maximum Gasteiger partial charge on any atom is 0.358 e. The van der Waals surface area contributed by atoms with Crippen LogP contribution in [0.3, 0.4) is 0 Å². The summed E-state index contributed by atoms with van der Waals surface area (Å²) in [7, 11) is 0. The number of hydrogen-bond donors (Lipinski definition) is 2. The Kier molecular flexibility index (Phi) is 4.99. The van der Waals surface area contributed by atoms with Gasteiger partial charge in [0.15, 0.2) is 23.1 Å². The number of hydrogen-bond acceptors (Lipinski definition) is 7. The number of carboxylic acid groups (broad SMARTS) is 1. The first-order valence-corrected chi connectivity index (χ1v) is 8.00. The van der Waals surface area contributed by atoms with E-state index in [4.69, 9.17) is 9.47 Å². The molecule has 0 spiro atoms. The Morgan fingerprint density at radius 2 is 2.08 bits per heavy atom. The van der Waals surface area contributed by atoms with Gasteiger partial charge in [0.05, 0.1) is 19.8 Å². The molecule has 25 heavy (non-hydrogen) atoms. The molecule has 1 aliphatic rings. The molecule has 0 amide bonds. The molecule has 8 heteroatoms. The van der Waals surface area contributed by atoms with Crippen LogP contribution in [0, 0.1) is 0 Å². The van der Waals surface area contributed by atoms with E-state index in [-0.39, 0.29) is 23.0 Å². The number of aromatic carboxylic acids is 1. The van der Waals surface area contributed by atoms with Gasteiger partial charge in [-0.1, -0.05) is 12.1 Å². The molecule has 0 aliphatic carbocycles. The number of morpholine rings is 1. The molecule has 2 N–H and O–H groups in total. The normalized spacial score (nSPS) is 14.4. The number of carboxylic acids is 1. The third-order valence-electron chi connectivity index (χ3n) is 3.75. The number of rotatable bonds is 5. The quantitative estimate of drug-likeness (QED) is 0.845. The first-order chi connectivity index (χ1) is 12.1. The van der Waals surface area contributed by atoms with Crippen molar-refractivity contribution in [2.45, 2.75) is 6.92 Å². The number of phenols is 1. The fourth-order valence-electron chi connectivity index (χ4n) is 2.62. The lowest BCUT2D eigenvalue weighted by Gasteiger charge is -2.29. The van der Waals surface area contributed by atoms with E-state index in [1.165, 1.54) is 12.1 Å². The van der Waals surface area contributed by atoms with E-state index in [0.717, 1.165) is 0 Å². The molecule has 8 nitrogen and oxygen atoms in total. The maximum absolute atomic E-state index is 11.7. The molecule has 0 bridgehead atoms. The van der Waals surface area contributed by atoms with Gasteiger partial charge in [0.25, 0.3) is 0 Å². The second kappa shape index (κ2) is 7.35.